The first kappa shape index (κ1) is 17.0. The van der Waals surface area contributed by atoms with Crippen LogP contribution in [0.1, 0.15) is 39.3 Å². The van der Waals surface area contributed by atoms with Crippen LogP contribution in [-0.4, -0.2) is 46.6 Å². The van der Waals surface area contributed by atoms with E-state index < -0.39 is 5.97 Å². The summed E-state index contributed by atoms with van der Waals surface area (Å²) in [6.07, 6.45) is 3.89. The number of likely N-dealkylation sites (tertiary alicyclic amines) is 1. The highest BCUT2D eigenvalue weighted by atomic mass is 16.5. The van der Waals surface area contributed by atoms with E-state index in [0.717, 1.165) is 24.2 Å². The Kier molecular flexibility index (Phi) is 4.97. The van der Waals surface area contributed by atoms with Gasteiger partial charge in [-0.1, -0.05) is 18.2 Å². The Labute approximate surface area is 146 Å². The molecule has 25 heavy (non-hydrogen) atoms. The van der Waals surface area contributed by atoms with E-state index in [2.05, 4.69) is 4.98 Å². The Bertz CT molecular complexity index is 790. The standard InChI is InChI=1S/C19H20N2O4/c1-25-17-7-3-2-5-13(17)11-15-6-4-10-21(15)18(22)16-12-14(19(23)24)8-9-20-16/h2-3,5,7-9,12,15H,4,6,10-11H2,1H3,(H,23,24). The Morgan fingerprint density at radius 2 is 2.12 bits per heavy atom. The second-order valence-electron chi connectivity index (χ2n) is 6.05. The van der Waals surface area contributed by atoms with Crippen molar-refractivity contribution >= 4 is 11.9 Å². The molecule has 0 spiro atoms. The van der Waals surface area contributed by atoms with Gasteiger partial charge in [0.25, 0.3) is 5.91 Å². The maximum atomic E-state index is 12.8. The number of aromatic carboxylic acids is 1. The summed E-state index contributed by atoms with van der Waals surface area (Å²) >= 11 is 0. The molecule has 1 aliphatic heterocycles. The fourth-order valence-corrected chi connectivity index (χ4v) is 3.27. The van der Waals surface area contributed by atoms with Crippen molar-refractivity contribution in [1.29, 1.82) is 0 Å². The van der Waals surface area contributed by atoms with Crippen molar-refractivity contribution in [2.24, 2.45) is 0 Å². The minimum Gasteiger partial charge on any atom is -0.496 e. The van der Waals surface area contributed by atoms with E-state index in [4.69, 9.17) is 9.84 Å². The molecule has 130 valence electrons. The van der Waals surface area contributed by atoms with E-state index in [1.165, 1.54) is 18.3 Å². The van der Waals surface area contributed by atoms with E-state index >= 15 is 0 Å². The summed E-state index contributed by atoms with van der Waals surface area (Å²) < 4.78 is 5.40. The van der Waals surface area contributed by atoms with E-state index in [1.807, 2.05) is 24.3 Å². The maximum absolute atomic E-state index is 12.8. The van der Waals surface area contributed by atoms with E-state index in [1.54, 1.807) is 12.0 Å². The SMILES string of the molecule is COc1ccccc1CC1CCCN1C(=O)c1cc(C(=O)O)ccn1. The molecule has 1 fully saturated rings. The normalized spacial score (nSPS) is 16.7. The summed E-state index contributed by atoms with van der Waals surface area (Å²) in [5.41, 5.74) is 1.30. The van der Waals surface area contributed by atoms with Crippen molar-refractivity contribution in [3.63, 3.8) is 0 Å². The second kappa shape index (κ2) is 7.34. The minimum absolute atomic E-state index is 0.0547. The number of hydrogen-bond donors (Lipinski definition) is 1. The number of rotatable bonds is 5. The number of nitrogens with zero attached hydrogens (tertiary/aromatic N) is 2. The molecule has 1 unspecified atom stereocenters. The van der Waals surface area contributed by atoms with Crippen LogP contribution < -0.4 is 4.74 Å². The number of benzene rings is 1. The van der Waals surface area contributed by atoms with Crippen molar-refractivity contribution in [1.82, 2.24) is 9.88 Å². The van der Waals surface area contributed by atoms with Crippen molar-refractivity contribution in [3.05, 3.63) is 59.4 Å². The summed E-state index contributed by atoms with van der Waals surface area (Å²) in [4.78, 5) is 29.8. The minimum atomic E-state index is -1.07. The average Bonchev–Trinajstić information content (AvgIpc) is 3.09. The third kappa shape index (κ3) is 3.63. The van der Waals surface area contributed by atoms with Crippen LogP contribution in [0, 0.1) is 0 Å². The van der Waals surface area contributed by atoms with Crippen LogP contribution in [0.15, 0.2) is 42.6 Å². The topological polar surface area (TPSA) is 79.7 Å². The number of aromatic nitrogens is 1. The van der Waals surface area contributed by atoms with Gasteiger partial charge in [0.1, 0.15) is 11.4 Å². The molecule has 0 aliphatic carbocycles. The predicted molar refractivity (Wildman–Crippen MR) is 92.0 cm³/mol. The number of carboxylic acid groups (broad SMARTS) is 1. The molecule has 1 aromatic carbocycles. The van der Waals surface area contributed by atoms with Gasteiger partial charge in [0.05, 0.1) is 12.7 Å². The molecule has 6 nitrogen and oxygen atoms in total. The number of hydrogen-bond acceptors (Lipinski definition) is 4. The quantitative estimate of drug-likeness (QED) is 0.905. The van der Waals surface area contributed by atoms with Gasteiger partial charge in [-0.3, -0.25) is 9.78 Å². The molecule has 6 heteroatoms. The van der Waals surface area contributed by atoms with Crippen molar-refractivity contribution in [2.75, 3.05) is 13.7 Å². The Morgan fingerprint density at radius 1 is 1.32 bits per heavy atom. The van der Waals surface area contributed by atoms with Crippen molar-refractivity contribution in [3.8, 4) is 5.75 Å². The lowest BCUT2D eigenvalue weighted by Crippen LogP contribution is -2.37. The summed E-state index contributed by atoms with van der Waals surface area (Å²) in [6, 6.07) is 10.6. The summed E-state index contributed by atoms with van der Waals surface area (Å²) in [5, 5.41) is 9.09. The van der Waals surface area contributed by atoms with Gasteiger partial charge >= 0.3 is 5.97 Å². The summed E-state index contributed by atoms with van der Waals surface area (Å²) in [6.45, 7) is 0.650. The first-order valence-corrected chi connectivity index (χ1v) is 8.22. The van der Waals surface area contributed by atoms with Crippen molar-refractivity contribution in [2.45, 2.75) is 25.3 Å². The molecule has 1 saturated heterocycles. The first-order valence-electron chi connectivity index (χ1n) is 8.22. The molecule has 0 bridgehead atoms. The molecular weight excluding hydrogens is 320 g/mol. The van der Waals surface area contributed by atoms with Crippen LogP contribution in [0.3, 0.4) is 0 Å². The zero-order valence-corrected chi connectivity index (χ0v) is 14.0. The number of pyridine rings is 1. The third-order valence-electron chi connectivity index (χ3n) is 4.51. The third-order valence-corrected chi connectivity index (χ3v) is 4.51. The summed E-state index contributed by atoms with van der Waals surface area (Å²) in [5.74, 6) is -0.475. The van der Waals surface area contributed by atoms with Gasteiger partial charge in [-0.15, -0.1) is 0 Å². The zero-order valence-electron chi connectivity index (χ0n) is 14.0. The molecule has 3 rings (SSSR count). The molecule has 0 saturated carbocycles. The monoisotopic (exact) mass is 340 g/mol. The Morgan fingerprint density at radius 3 is 2.88 bits per heavy atom. The molecule has 1 atom stereocenters. The molecule has 2 heterocycles. The van der Waals surface area contributed by atoms with Crippen LogP contribution in [0.2, 0.25) is 0 Å². The highest BCUT2D eigenvalue weighted by molar-refractivity contribution is 5.96. The second-order valence-corrected chi connectivity index (χ2v) is 6.05. The molecule has 2 aromatic rings. The number of carbonyl (C=O) groups is 2. The highest BCUT2D eigenvalue weighted by Crippen LogP contribution is 2.27. The Hall–Kier alpha value is -2.89. The molecule has 1 amide bonds. The van der Waals surface area contributed by atoms with Crippen LogP contribution in [0.25, 0.3) is 0 Å². The zero-order chi connectivity index (χ0) is 17.8. The Balaban J connectivity index is 1.80. The van der Waals surface area contributed by atoms with Crippen LogP contribution in [0.4, 0.5) is 0 Å². The molecular formula is C19H20N2O4. The van der Waals surface area contributed by atoms with Crippen LogP contribution >= 0.6 is 0 Å². The van der Waals surface area contributed by atoms with Gasteiger partial charge in [0.2, 0.25) is 0 Å². The van der Waals surface area contributed by atoms with Crippen LogP contribution in [0.5, 0.6) is 5.75 Å². The number of carbonyl (C=O) groups excluding carboxylic acids is 1. The van der Waals surface area contributed by atoms with Gasteiger partial charge in [0.15, 0.2) is 0 Å². The van der Waals surface area contributed by atoms with Crippen molar-refractivity contribution < 1.29 is 19.4 Å². The van der Waals surface area contributed by atoms with Gasteiger partial charge in [-0.05, 0) is 43.0 Å². The predicted octanol–water partition coefficient (Wildman–Crippen LogP) is 2.64. The molecule has 0 radical (unpaired) electrons. The molecule has 1 aromatic heterocycles. The van der Waals surface area contributed by atoms with E-state index in [0.29, 0.717) is 13.0 Å². The van der Waals surface area contributed by atoms with E-state index in [9.17, 15) is 9.59 Å². The lowest BCUT2D eigenvalue weighted by atomic mass is 10.0. The molecule has 1 N–H and O–H groups in total. The lowest BCUT2D eigenvalue weighted by molar-refractivity contribution is 0.0696. The smallest absolute Gasteiger partial charge is 0.335 e. The van der Waals surface area contributed by atoms with Gasteiger partial charge in [-0.25, -0.2) is 4.79 Å². The largest absolute Gasteiger partial charge is 0.496 e. The molecule has 1 aliphatic rings. The fraction of sp³-hybridized carbons (Fsp3) is 0.316. The number of ether oxygens (including phenoxy) is 1. The number of para-hydroxylation sites is 1. The maximum Gasteiger partial charge on any atom is 0.335 e. The van der Waals surface area contributed by atoms with Gasteiger partial charge in [0, 0.05) is 18.8 Å². The van der Waals surface area contributed by atoms with Gasteiger partial charge < -0.3 is 14.7 Å². The number of methoxy groups -OCH3 is 1. The summed E-state index contributed by atoms with van der Waals surface area (Å²) in [7, 11) is 1.64. The highest BCUT2D eigenvalue weighted by Gasteiger charge is 2.31. The average molecular weight is 340 g/mol. The fourth-order valence-electron chi connectivity index (χ4n) is 3.27. The number of amides is 1. The number of carboxylic acids is 1. The van der Waals surface area contributed by atoms with Gasteiger partial charge in [-0.2, -0.15) is 0 Å². The first-order chi connectivity index (χ1) is 12.1. The van der Waals surface area contributed by atoms with Crippen LogP contribution in [-0.2, 0) is 6.42 Å². The lowest BCUT2D eigenvalue weighted by Gasteiger charge is -2.25. The van der Waals surface area contributed by atoms with E-state index in [-0.39, 0.29) is 23.2 Å².